The first kappa shape index (κ1) is 14.5. The van der Waals surface area contributed by atoms with Gasteiger partial charge in [0.25, 0.3) is 0 Å². The van der Waals surface area contributed by atoms with Gasteiger partial charge in [0.1, 0.15) is 12.1 Å². The van der Waals surface area contributed by atoms with Crippen LogP contribution in [-0.4, -0.2) is 44.2 Å². The number of hydrogen-bond acceptors (Lipinski definition) is 7. The molecule has 118 valence electrons. The first-order valence-corrected chi connectivity index (χ1v) is 8.47. The van der Waals surface area contributed by atoms with Gasteiger partial charge in [-0.2, -0.15) is 0 Å². The fourth-order valence-corrected chi connectivity index (χ4v) is 4.13. The summed E-state index contributed by atoms with van der Waals surface area (Å²) in [6, 6.07) is 0. The Bertz CT molecular complexity index is 822. The summed E-state index contributed by atoms with van der Waals surface area (Å²) >= 11 is 1.66. The van der Waals surface area contributed by atoms with Crippen molar-refractivity contribution in [3.63, 3.8) is 0 Å². The number of aryl methyl sites for hydroxylation is 1. The molecule has 1 N–H and O–H groups in total. The smallest absolute Gasteiger partial charge is 0.150 e. The number of fused-ring (bicyclic) bond motifs is 1. The van der Waals surface area contributed by atoms with Crippen LogP contribution in [-0.2, 0) is 6.42 Å². The third-order valence-corrected chi connectivity index (χ3v) is 5.39. The van der Waals surface area contributed by atoms with Crippen LogP contribution in [0.25, 0.3) is 10.2 Å². The molecule has 1 fully saturated rings. The Kier molecular flexibility index (Phi) is 3.66. The summed E-state index contributed by atoms with van der Waals surface area (Å²) in [5.41, 5.74) is 3.09. The Morgan fingerprint density at radius 3 is 3.00 bits per heavy atom. The molecular formula is C16H17N5OS. The van der Waals surface area contributed by atoms with Gasteiger partial charge in [-0.25, -0.2) is 9.97 Å². The highest BCUT2D eigenvalue weighted by molar-refractivity contribution is 7.18. The summed E-state index contributed by atoms with van der Waals surface area (Å²) in [5, 5.41) is 12.5. The van der Waals surface area contributed by atoms with Crippen LogP contribution in [0.4, 0.5) is 5.82 Å². The SMILES string of the molecule is Cc1csc2c(N3C[C@@H](Cc4cnccn4)[C@H](O)C3)ncnc12. The van der Waals surface area contributed by atoms with Crippen molar-refractivity contribution in [1.82, 2.24) is 19.9 Å². The molecule has 7 heteroatoms. The molecule has 1 aliphatic heterocycles. The third-order valence-electron chi connectivity index (χ3n) is 4.31. The molecule has 3 aromatic rings. The fourth-order valence-electron chi connectivity index (χ4n) is 3.11. The number of β-amino-alcohol motifs (C(OH)–C–C–N with tert-alkyl or cyclic N) is 1. The molecule has 23 heavy (non-hydrogen) atoms. The number of nitrogens with zero attached hydrogens (tertiary/aromatic N) is 5. The van der Waals surface area contributed by atoms with Crippen molar-refractivity contribution < 1.29 is 5.11 Å². The van der Waals surface area contributed by atoms with Crippen LogP contribution in [0, 0.1) is 12.8 Å². The predicted octanol–water partition coefficient (Wildman–Crippen LogP) is 1.83. The van der Waals surface area contributed by atoms with E-state index in [0.29, 0.717) is 6.54 Å². The zero-order valence-corrected chi connectivity index (χ0v) is 13.6. The molecule has 0 saturated carbocycles. The minimum atomic E-state index is -0.386. The summed E-state index contributed by atoms with van der Waals surface area (Å²) in [7, 11) is 0. The molecule has 0 radical (unpaired) electrons. The maximum atomic E-state index is 10.4. The van der Waals surface area contributed by atoms with Crippen LogP contribution in [0.1, 0.15) is 11.3 Å². The quantitative estimate of drug-likeness (QED) is 0.791. The average molecular weight is 327 g/mol. The second kappa shape index (κ2) is 5.82. The van der Waals surface area contributed by atoms with E-state index in [1.165, 1.54) is 5.56 Å². The zero-order chi connectivity index (χ0) is 15.8. The molecule has 0 aromatic carbocycles. The summed E-state index contributed by atoms with van der Waals surface area (Å²) < 4.78 is 1.09. The van der Waals surface area contributed by atoms with Crippen molar-refractivity contribution in [2.24, 2.45) is 5.92 Å². The van der Waals surface area contributed by atoms with Gasteiger partial charge in [0.05, 0.1) is 22.0 Å². The summed E-state index contributed by atoms with van der Waals surface area (Å²) in [6.45, 7) is 3.42. The Hall–Kier alpha value is -2.12. The molecule has 0 unspecified atom stereocenters. The topological polar surface area (TPSA) is 75.0 Å². The third kappa shape index (κ3) is 2.66. The molecule has 3 aromatic heterocycles. The van der Waals surface area contributed by atoms with Crippen molar-refractivity contribution >= 4 is 27.4 Å². The van der Waals surface area contributed by atoms with Gasteiger partial charge in [0.2, 0.25) is 0 Å². The number of aliphatic hydroxyl groups is 1. The molecule has 0 aliphatic carbocycles. The molecule has 1 aliphatic rings. The van der Waals surface area contributed by atoms with Gasteiger partial charge >= 0.3 is 0 Å². The Balaban J connectivity index is 1.59. The average Bonchev–Trinajstić information content (AvgIpc) is 3.12. The second-order valence-corrected chi connectivity index (χ2v) is 6.81. The highest BCUT2D eigenvalue weighted by Crippen LogP contribution is 2.34. The van der Waals surface area contributed by atoms with Crippen molar-refractivity contribution in [1.29, 1.82) is 0 Å². The number of anilines is 1. The van der Waals surface area contributed by atoms with Gasteiger partial charge in [0, 0.05) is 37.6 Å². The van der Waals surface area contributed by atoms with Crippen molar-refractivity contribution in [3.05, 3.63) is 41.6 Å². The molecule has 0 spiro atoms. The van der Waals surface area contributed by atoms with Crippen LogP contribution in [0.2, 0.25) is 0 Å². The maximum Gasteiger partial charge on any atom is 0.150 e. The number of hydrogen-bond donors (Lipinski definition) is 1. The molecular weight excluding hydrogens is 310 g/mol. The van der Waals surface area contributed by atoms with Gasteiger partial charge in [-0.15, -0.1) is 11.3 Å². The lowest BCUT2D eigenvalue weighted by Gasteiger charge is -2.17. The van der Waals surface area contributed by atoms with E-state index >= 15 is 0 Å². The lowest BCUT2D eigenvalue weighted by molar-refractivity contribution is 0.147. The minimum absolute atomic E-state index is 0.137. The van der Waals surface area contributed by atoms with E-state index < -0.39 is 0 Å². The Morgan fingerprint density at radius 2 is 2.17 bits per heavy atom. The second-order valence-electron chi connectivity index (χ2n) is 5.93. The van der Waals surface area contributed by atoms with E-state index in [9.17, 15) is 5.11 Å². The zero-order valence-electron chi connectivity index (χ0n) is 12.8. The van der Waals surface area contributed by atoms with E-state index in [-0.39, 0.29) is 12.0 Å². The van der Waals surface area contributed by atoms with E-state index in [0.717, 1.165) is 34.7 Å². The van der Waals surface area contributed by atoms with Gasteiger partial charge in [-0.3, -0.25) is 9.97 Å². The lowest BCUT2D eigenvalue weighted by Crippen LogP contribution is -2.22. The van der Waals surface area contributed by atoms with Gasteiger partial charge in [0.15, 0.2) is 0 Å². The van der Waals surface area contributed by atoms with Gasteiger partial charge < -0.3 is 10.0 Å². The minimum Gasteiger partial charge on any atom is -0.391 e. The summed E-state index contributed by atoms with van der Waals surface area (Å²) in [4.78, 5) is 19.4. The number of thiophene rings is 1. The molecule has 0 bridgehead atoms. The van der Waals surface area contributed by atoms with Crippen LogP contribution < -0.4 is 4.90 Å². The van der Waals surface area contributed by atoms with Crippen molar-refractivity contribution in [3.8, 4) is 0 Å². The van der Waals surface area contributed by atoms with Crippen LogP contribution in [0.3, 0.4) is 0 Å². The summed E-state index contributed by atoms with van der Waals surface area (Å²) in [6.07, 6.45) is 7.07. The maximum absolute atomic E-state index is 10.4. The Labute approximate surface area is 137 Å². The lowest BCUT2D eigenvalue weighted by atomic mass is 10.0. The first-order chi connectivity index (χ1) is 11.2. The Morgan fingerprint density at radius 1 is 1.26 bits per heavy atom. The normalized spacial score (nSPS) is 21.2. The van der Waals surface area contributed by atoms with Crippen LogP contribution >= 0.6 is 11.3 Å². The van der Waals surface area contributed by atoms with E-state index in [4.69, 9.17) is 0 Å². The van der Waals surface area contributed by atoms with Crippen molar-refractivity contribution in [2.75, 3.05) is 18.0 Å². The molecule has 4 rings (SSSR count). The molecule has 2 atom stereocenters. The standard InChI is InChI=1S/C16H17N5OS/c1-10-8-23-15-14(10)19-9-20-16(15)21-6-11(13(22)7-21)4-12-5-17-2-3-18-12/h2-3,5,8-9,11,13,22H,4,6-7H2,1H3/t11-,13-/m1/s1. The largest absolute Gasteiger partial charge is 0.391 e. The van der Waals surface area contributed by atoms with Gasteiger partial charge in [-0.1, -0.05) is 0 Å². The first-order valence-electron chi connectivity index (χ1n) is 7.59. The molecule has 1 saturated heterocycles. The predicted molar refractivity (Wildman–Crippen MR) is 89.6 cm³/mol. The van der Waals surface area contributed by atoms with Gasteiger partial charge in [-0.05, 0) is 24.3 Å². The van der Waals surface area contributed by atoms with Crippen molar-refractivity contribution in [2.45, 2.75) is 19.4 Å². The number of rotatable bonds is 3. The number of aromatic nitrogens is 4. The summed E-state index contributed by atoms with van der Waals surface area (Å²) in [5.74, 6) is 1.06. The molecule has 6 nitrogen and oxygen atoms in total. The monoisotopic (exact) mass is 327 g/mol. The van der Waals surface area contributed by atoms with Crippen LogP contribution in [0.15, 0.2) is 30.3 Å². The van der Waals surface area contributed by atoms with Crippen LogP contribution in [0.5, 0.6) is 0 Å². The fraction of sp³-hybridized carbons (Fsp3) is 0.375. The highest BCUT2D eigenvalue weighted by Gasteiger charge is 2.33. The van der Waals surface area contributed by atoms with E-state index in [2.05, 4.69) is 37.1 Å². The molecule has 0 amide bonds. The van der Waals surface area contributed by atoms with E-state index in [1.807, 2.05) is 0 Å². The highest BCUT2D eigenvalue weighted by atomic mass is 32.1. The van der Waals surface area contributed by atoms with E-state index in [1.54, 1.807) is 36.3 Å². The number of aliphatic hydroxyl groups excluding tert-OH is 1. The molecule has 4 heterocycles.